The lowest BCUT2D eigenvalue weighted by Gasteiger charge is -2.15. The zero-order chi connectivity index (χ0) is 21.6. The Morgan fingerprint density at radius 3 is 1.87 bits per heavy atom. The van der Waals surface area contributed by atoms with Crippen molar-refractivity contribution in [3.05, 3.63) is 95.6 Å². The number of hydrogen-bond acceptors (Lipinski definition) is 4. The van der Waals surface area contributed by atoms with E-state index in [0.29, 0.717) is 13.2 Å². The van der Waals surface area contributed by atoms with Crippen LogP contribution in [0.5, 0.6) is 11.5 Å². The third-order valence-corrected chi connectivity index (χ3v) is 5.07. The van der Waals surface area contributed by atoms with E-state index in [1.165, 1.54) is 5.56 Å². The van der Waals surface area contributed by atoms with Crippen molar-refractivity contribution in [2.24, 2.45) is 0 Å². The van der Waals surface area contributed by atoms with E-state index in [-0.39, 0.29) is 6.61 Å². The third-order valence-electron chi connectivity index (χ3n) is 5.07. The molecule has 0 saturated heterocycles. The normalized spacial score (nSPS) is 10.7. The minimum Gasteiger partial charge on any atom is -0.485 e. The van der Waals surface area contributed by atoms with Crippen LogP contribution < -0.4 is 14.8 Å². The summed E-state index contributed by atoms with van der Waals surface area (Å²) in [4.78, 5) is 0. The SMILES string of the molecule is OCCCCCCNCc1ccc(OCc2ccccc2)c(OCc2ccccc2)c1. The van der Waals surface area contributed by atoms with Crippen molar-refractivity contribution in [2.45, 2.75) is 45.4 Å². The van der Waals surface area contributed by atoms with Crippen molar-refractivity contribution < 1.29 is 14.6 Å². The molecular formula is C27H33NO3. The van der Waals surface area contributed by atoms with Crippen LogP contribution in [-0.4, -0.2) is 18.3 Å². The Kier molecular flexibility index (Phi) is 9.94. The highest BCUT2D eigenvalue weighted by Crippen LogP contribution is 2.30. The Labute approximate surface area is 185 Å². The van der Waals surface area contributed by atoms with Crippen molar-refractivity contribution in [2.75, 3.05) is 13.2 Å². The standard InChI is InChI=1S/C27H33NO3/c29-18-10-2-1-9-17-28-20-25-15-16-26(30-21-23-11-5-3-6-12-23)27(19-25)31-22-24-13-7-4-8-14-24/h3-8,11-16,19,28-29H,1-2,9-10,17-18,20-22H2. The molecule has 3 aromatic carbocycles. The minimum absolute atomic E-state index is 0.290. The Balaban J connectivity index is 1.58. The Bertz CT molecular complexity index is 868. The second-order valence-corrected chi connectivity index (χ2v) is 7.64. The molecule has 0 aliphatic rings. The van der Waals surface area contributed by atoms with Gasteiger partial charge in [0, 0.05) is 13.2 Å². The number of hydrogen-bond donors (Lipinski definition) is 2. The van der Waals surface area contributed by atoms with Crippen molar-refractivity contribution in [1.82, 2.24) is 5.32 Å². The molecule has 0 aromatic heterocycles. The second-order valence-electron chi connectivity index (χ2n) is 7.64. The summed E-state index contributed by atoms with van der Waals surface area (Å²) in [7, 11) is 0. The van der Waals surface area contributed by atoms with Gasteiger partial charge in [0.05, 0.1) is 0 Å². The highest BCUT2D eigenvalue weighted by atomic mass is 16.5. The van der Waals surface area contributed by atoms with Crippen molar-refractivity contribution in [3.63, 3.8) is 0 Å². The van der Waals surface area contributed by atoms with Gasteiger partial charge in [0.25, 0.3) is 0 Å². The molecule has 0 radical (unpaired) electrons. The Hall–Kier alpha value is -2.82. The maximum absolute atomic E-state index is 8.85. The molecule has 4 nitrogen and oxygen atoms in total. The number of aliphatic hydroxyl groups is 1. The van der Waals surface area contributed by atoms with Gasteiger partial charge in [-0.15, -0.1) is 0 Å². The molecule has 4 heteroatoms. The lowest BCUT2D eigenvalue weighted by molar-refractivity contribution is 0.255. The molecule has 0 aliphatic heterocycles. The summed E-state index contributed by atoms with van der Waals surface area (Å²) < 4.78 is 12.2. The van der Waals surface area contributed by atoms with Crippen LogP contribution in [0.3, 0.4) is 0 Å². The van der Waals surface area contributed by atoms with Crippen molar-refractivity contribution in [3.8, 4) is 11.5 Å². The first-order chi connectivity index (χ1) is 15.3. The van der Waals surface area contributed by atoms with Gasteiger partial charge >= 0.3 is 0 Å². The van der Waals surface area contributed by atoms with Gasteiger partial charge in [-0.25, -0.2) is 0 Å². The predicted molar refractivity (Wildman–Crippen MR) is 125 cm³/mol. The quantitative estimate of drug-likeness (QED) is 0.339. The van der Waals surface area contributed by atoms with Gasteiger partial charge in [-0.1, -0.05) is 79.6 Å². The fourth-order valence-corrected chi connectivity index (χ4v) is 3.31. The molecule has 31 heavy (non-hydrogen) atoms. The Morgan fingerprint density at radius 2 is 1.23 bits per heavy atom. The predicted octanol–water partition coefficient (Wildman–Crippen LogP) is 5.49. The minimum atomic E-state index is 0.290. The summed E-state index contributed by atoms with van der Waals surface area (Å²) >= 11 is 0. The molecular weight excluding hydrogens is 386 g/mol. The molecule has 0 spiro atoms. The molecule has 2 N–H and O–H groups in total. The van der Waals surface area contributed by atoms with Crippen LogP contribution in [-0.2, 0) is 19.8 Å². The Morgan fingerprint density at radius 1 is 0.613 bits per heavy atom. The zero-order valence-electron chi connectivity index (χ0n) is 18.1. The summed E-state index contributed by atoms with van der Waals surface area (Å²) in [6.07, 6.45) is 4.25. The number of benzene rings is 3. The first-order valence-corrected chi connectivity index (χ1v) is 11.1. The highest BCUT2D eigenvalue weighted by molar-refractivity contribution is 5.43. The van der Waals surface area contributed by atoms with Gasteiger partial charge in [0.15, 0.2) is 11.5 Å². The topological polar surface area (TPSA) is 50.7 Å². The van der Waals surface area contributed by atoms with Gasteiger partial charge in [-0.05, 0) is 48.2 Å². The second kappa shape index (κ2) is 13.5. The van der Waals surface area contributed by atoms with Crippen LogP contribution in [0.4, 0.5) is 0 Å². The zero-order valence-corrected chi connectivity index (χ0v) is 18.1. The van der Waals surface area contributed by atoms with Crippen LogP contribution in [0, 0.1) is 0 Å². The molecule has 3 aromatic rings. The number of nitrogens with one attached hydrogen (secondary N) is 1. The molecule has 0 saturated carbocycles. The smallest absolute Gasteiger partial charge is 0.162 e. The van der Waals surface area contributed by atoms with E-state index in [2.05, 4.69) is 41.7 Å². The maximum atomic E-state index is 8.85. The summed E-state index contributed by atoms with van der Waals surface area (Å²) in [6, 6.07) is 26.5. The molecule has 164 valence electrons. The molecule has 0 aliphatic carbocycles. The van der Waals surface area contributed by atoms with Gasteiger partial charge in [0.2, 0.25) is 0 Å². The highest BCUT2D eigenvalue weighted by Gasteiger charge is 2.08. The monoisotopic (exact) mass is 419 g/mol. The molecule has 0 bridgehead atoms. The van der Waals surface area contributed by atoms with Crippen LogP contribution >= 0.6 is 0 Å². The average Bonchev–Trinajstić information content (AvgIpc) is 2.83. The van der Waals surface area contributed by atoms with Crippen LogP contribution in [0.2, 0.25) is 0 Å². The number of unbranched alkanes of at least 4 members (excludes halogenated alkanes) is 3. The van der Waals surface area contributed by atoms with E-state index in [1.807, 2.05) is 42.5 Å². The van der Waals surface area contributed by atoms with Crippen molar-refractivity contribution >= 4 is 0 Å². The van der Waals surface area contributed by atoms with E-state index in [4.69, 9.17) is 14.6 Å². The first-order valence-electron chi connectivity index (χ1n) is 11.1. The van der Waals surface area contributed by atoms with Gasteiger partial charge in [-0.3, -0.25) is 0 Å². The maximum Gasteiger partial charge on any atom is 0.162 e. The summed E-state index contributed by atoms with van der Waals surface area (Å²) in [5.74, 6) is 1.52. The van der Waals surface area contributed by atoms with Gasteiger partial charge in [-0.2, -0.15) is 0 Å². The number of aliphatic hydroxyl groups excluding tert-OH is 1. The fourth-order valence-electron chi connectivity index (χ4n) is 3.31. The molecule has 0 fully saturated rings. The lowest BCUT2D eigenvalue weighted by atomic mass is 10.1. The number of ether oxygens (including phenoxy) is 2. The summed E-state index contributed by atoms with van der Waals surface area (Å²) in [5.41, 5.74) is 3.43. The van der Waals surface area contributed by atoms with Crippen LogP contribution in [0.25, 0.3) is 0 Å². The molecule has 0 amide bonds. The number of rotatable bonds is 14. The van der Waals surface area contributed by atoms with Gasteiger partial charge in [0.1, 0.15) is 13.2 Å². The third kappa shape index (κ3) is 8.44. The molecule has 0 unspecified atom stereocenters. The summed E-state index contributed by atoms with van der Waals surface area (Å²) in [5, 5.41) is 12.3. The summed E-state index contributed by atoms with van der Waals surface area (Å²) in [6.45, 7) is 3.06. The molecule has 0 atom stereocenters. The van der Waals surface area contributed by atoms with E-state index >= 15 is 0 Å². The van der Waals surface area contributed by atoms with Crippen molar-refractivity contribution in [1.29, 1.82) is 0 Å². The van der Waals surface area contributed by atoms with E-state index < -0.39 is 0 Å². The average molecular weight is 420 g/mol. The molecule has 3 rings (SSSR count). The molecule has 0 heterocycles. The van der Waals surface area contributed by atoms with E-state index in [9.17, 15) is 0 Å². The van der Waals surface area contributed by atoms with Crippen LogP contribution in [0.15, 0.2) is 78.9 Å². The lowest BCUT2D eigenvalue weighted by Crippen LogP contribution is -2.14. The fraction of sp³-hybridized carbons (Fsp3) is 0.333. The van der Waals surface area contributed by atoms with Gasteiger partial charge < -0.3 is 19.9 Å². The van der Waals surface area contributed by atoms with E-state index in [0.717, 1.165) is 61.4 Å². The first kappa shape index (κ1) is 22.9. The van der Waals surface area contributed by atoms with Crippen LogP contribution in [0.1, 0.15) is 42.4 Å². The van der Waals surface area contributed by atoms with E-state index in [1.54, 1.807) is 0 Å². The largest absolute Gasteiger partial charge is 0.485 e.